The highest BCUT2D eigenvalue weighted by molar-refractivity contribution is 5.42. The largest absolute Gasteiger partial charge is 0.468 e. The molecular formula is C13H19F3N2O. The van der Waals surface area contributed by atoms with Crippen LogP contribution in [0.3, 0.4) is 0 Å². The molecule has 6 heteroatoms. The predicted octanol–water partition coefficient (Wildman–Crippen LogP) is 3.87. The summed E-state index contributed by atoms with van der Waals surface area (Å²) in [5.41, 5.74) is 0.771. The van der Waals surface area contributed by atoms with Crippen molar-refractivity contribution < 1.29 is 17.9 Å². The number of hydrogen-bond donors (Lipinski definition) is 1. The predicted molar refractivity (Wildman–Crippen MR) is 68.3 cm³/mol. The maximum Gasteiger partial charge on any atom is 0.422 e. The Morgan fingerprint density at radius 2 is 1.95 bits per heavy atom. The van der Waals surface area contributed by atoms with Gasteiger partial charge in [-0.25, -0.2) is 4.98 Å². The fourth-order valence-corrected chi connectivity index (χ4v) is 1.76. The summed E-state index contributed by atoms with van der Waals surface area (Å²) in [6, 6.07) is 3.37. The van der Waals surface area contributed by atoms with Crippen LogP contribution in [0.25, 0.3) is 0 Å². The minimum atomic E-state index is -4.34. The Balaban J connectivity index is 2.47. The molecule has 0 aliphatic heterocycles. The third-order valence-corrected chi connectivity index (χ3v) is 2.36. The number of pyridine rings is 1. The second-order valence-electron chi connectivity index (χ2n) is 4.96. The standard InChI is InChI=1S/C13H19F3N2O/c1-9(2)6-10(3)18-11-4-5-12(17-7-11)19-8-13(14,15)16/h4-5,7,9-10,18H,6,8H2,1-3H3. The van der Waals surface area contributed by atoms with Gasteiger partial charge < -0.3 is 10.1 Å². The highest BCUT2D eigenvalue weighted by Crippen LogP contribution is 2.18. The van der Waals surface area contributed by atoms with Crippen LogP contribution < -0.4 is 10.1 Å². The van der Waals surface area contributed by atoms with Crippen LogP contribution >= 0.6 is 0 Å². The minimum Gasteiger partial charge on any atom is -0.468 e. The van der Waals surface area contributed by atoms with Gasteiger partial charge in [-0.3, -0.25) is 0 Å². The fourth-order valence-electron chi connectivity index (χ4n) is 1.76. The van der Waals surface area contributed by atoms with Crippen LogP contribution in [-0.2, 0) is 0 Å². The number of ether oxygens (including phenoxy) is 1. The molecule has 0 bridgehead atoms. The molecule has 1 atom stereocenters. The molecule has 0 saturated carbocycles. The van der Waals surface area contributed by atoms with Crippen molar-refractivity contribution in [1.82, 2.24) is 4.98 Å². The Bertz CT molecular complexity index is 376. The number of anilines is 1. The summed E-state index contributed by atoms with van der Waals surface area (Å²) in [6.45, 7) is 4.99. The van der Waals surface area contributed by atoms with Gasteiger partial charge in [-0.1, -0.05) is 13.8 Å². The maximum absolute atomic E-state index is 11.9. The number of nitrogens with one attached hydrogen (secondary N) is 1. The summed E-state index contributed by atoms with van der Waals surface area (Å²) in [7, 11) is 0. The average molecular weight is 276 g/mol. The molecule has 1 heterocycles. The smallest absolute Gasteiger partial charge is 0.422 e. The SMILES string of the molecule is CC(C)CC(C)Nc1ccc(OCC(F)(F)F)nc1. The molecule has 0 spiro atoms. The Morgan fingerprint density at radius 1 is 1.26 bits per heavy atom. The van der Waals surface area contributed by atoms with E-state index in [2.05, 4.69) is 28.9 Å². The molecule has 1 unspecified atom stereocenters. The van der Waals surface area contributed by atoms with Gasteiger partial charge in [-0.15, -0.1) is 0 Å². The first kappa shape index (κ1) is 15.6. The highest BCUT2D eigenvalue weighted by atomic mass is 19.4. The van der Waals surface area contributed by atoms with Crippen molar-refractivity contribution in [3.63, 3.8) is 0 Å². The van der Waals surface area contributed by atoms with Crippen LogP contribution in [0.5, 0.6) is 5.88 Å². The Labute approximate surface area is 111 Å². The van der Waals surface area contributed by atoms with E-state index in [1.807, 2.05) is 6.92 Å². The number of hydrogen-bond acceptors (Lipinski definition) is 3. The van der Waals surface area contributed by atoms with Gasteiger partial charge in [-0.2, -0.15) is 13.2 Å². The maximum atomic E-state index is 11.9. The van der Waals surface area contributed by atoms with Gasteiger partial charge in [0.15, 0.2) is 6.61 Å². The molecule has 1 aromatic rings. The van der Waals surface area contributed by atoms with Gasteiger partial charge in [0.2, 0.25) is 5.88 Å². The fraction of sp³-hybridized carbons (Fsp3) is 0.615. The van der Waals surface area contributed by atoms with Gasteiger partial charge in [0, 0.05) is 12.1 Å². The lowest BCUT2D eigenvalue weighted by atomic mass is 10.1. The molecule has 0 saturated heterocycles. The monoisotopic (exact) mass is 276 g/mol. The van der Waals surface area contributed by atoms with Gasteiger partial charge in [-0.05, 0) is 25.3 Å². The summed E-state index contributed by atoms with van der Waals surface area (Å²) >= 11 is 0. The molecule has 0 aromatic carbocycles. The summed E-state index contributed by atoms with van der Waals surface area (Å²) < 4.78 is 40.4. The lowest BCUT2D eigenvalue weighted by Gasteiger charge is -2.17. The number of aromatic nitrogens is 1. The zero-order valence-electron chi connectivity index (χ0n) is 11.3. The van der Waals surface area contributed by atoms with E-state index >= 15 is 0 Å². The van der Waals surface area contributed by atoms with Gasteiger partial charge in [0.25, 0.3) is 0 Å². The van der Waals surface area contributed by atoms with Crippen molar-refractivity contribution in [2.45, 2.75) is 39.4 Å². The van der Waals surface area contributed by atoms with E-state index in [4.69, 9.17) is 0 Å². The first-order valence-corrected chi connectivity index (χ1v) is 6.18. The van der Waals surface area contributed by atoms with Crippen LogP contribution in [0.4, 0.5) is 18.9 Å². The number of nitrogens with zero attached hydrogens (tertiary/aromatic N) is 1. The normalized spacial score (nSPS) is 13.4. The van der Waals surface area contributed by atoms with Crippen molar-refractivity contribution in [1.29, 1.82) is 0 Å². The van der Waals surface area contributed by atoms with E-state index in [9.17, 15) is 13.2 Å². The Kier molecular flexibility index (Phi) is 5.44. The molecule has 0 amide bonds. The molecule has 1 aromatic heterocycles. The van der Waals surface area contributed by atoms with Crippen molar-refractivity contribution in [3.8, 4) is 5.88 Å². The van der Waals surface area contributed by atoms with Crippen LogP contribution in [0, 0.1) is 5.92 Å². The molecule has 1 rings (SSSR count). The van der Waals surface area contributed by atoms with Crippen LogP contribution in [0.2, 0.25) is 0 Å². The van der Waals surface area contributed by atoms with E-state index < -0.39 is 12.8 Å². The van der Waals surface area contributed by atoms with Crippen LogP contribution in [0.1, 0.15) is 27.2 Å². The molecule has 1 N–H and O–H groups in total. The first-order valence-electron chi connectivity index (χ1n) is 6.18. The quantitative estimate of drug-likeness (QED) is 0.856. The molecule has 19 heavy (non-hydrogen) atoms. The van der Waals surface area contributed by atoms with E-state index in [1.54, 1.807) is 6.07 Å². The number of rotatable bonds is 6. The zero-order valence-corrected chi connectivity index (χ0v) is 11.3. The highest BCUT2D eigenvalue weighted by Gasteiger charge is 2.28. The van der Waals surface area contributed by atoms with Crippen molar-refractivity contribution in [2.24, 2.45) is 5.92 Å². The van der Waals surface area contributed by atoms with E-state index in [-0.39, 0.29) is 11.9 Å². The average Bonchev–Trinajstić information content (AvgIpc) is 2.26. The number of alkyl halides is 3. The van der Waals surface area contributed by atoms with Crippen molar-refractivity contribution in [3.05, 3.63) is 18.3 Å². The molecule has 0 aliphatic carbocycles. The molecule has 0 fully saturated rings. The van der Waals surface area contributed by atoms with E-state index in [0.29, 0.717) is 5.92 Å². The van der Waals surface area contributed by atoms with Crippen LogP contribution in [0.15, 0.2) is 18.3 Å². The van der Waals surface area contributed by atoms with Gasteiger partial charge in [0.1, 0.15) is 0 Å². The molecular weight excluding hydrogens is 257 g/mol. The molecule has 3 nitrogen and oxygen atoms in total. The Hall–Kier alpha value is -1.46. The number of halogens is 3. The Morgan fingerprint density at radius 3 is 2.42 bits per heavy atom. The summed E-state index contributed by atoms with van der Waals surface area (Å²) in [4.78, 5) is 3.83. The topological polar surface area (TPSA) is 34.1 Å². The molecule has 0 aliphatic rings. The van der Waals surface area contributed by atoms with E-state index in [0.717, 1.165) is 12.1 Å². The third-order valence-electron chi connectivity index (χ3n) is 2.36. The molecule has 0 radical (unpaired) electrons. The van der Waals surface area contributed by atoms with Gasteiger partial charge >= 0.3 is 6.18 Å². The lowest BCUT2D eigenvalue weighted by Crippen LogP contribution is -2.20. The first-order chi connectivity index (χ1) is 8.76. The second-order valence-corrected chi connectivity index (χ2v) is 4.96. The lowest BCUT2D eigenvalue weighted by molar-refractivity contribution is -0.154. The van der Waals surface area contributed by atoms with Crippen molar-refractivity contribution >= 4 is 5.69 Å². The summed E-state index contributed by atoms with van der Waals surface area (Å²) in [5, 5.41) is 3.23. The second kappa shape index (κ2) is 6.63. The van der Waals surface area contributed by atoms with Crippen LogP contribution in [-0.4, -0.2) is 23.8 Å². The minimum absolute atomic E-state index is 0.0283. The third kappa shape index (κ3) is 6.88. The van der Waals surface area contributed by atoms with Gasteiger partial charge in [0.05, 0.1) is 11.9 Å². The van der Waals surface area contributed by atoms with Crippen molar-refractivity contribution in [2.75, 3.05) is 11.9 Å². The summed E-state index contributed by atoms with van der Waals surface area (Å²) in [5.74, 6) is 0.546. The molecule has 108 valence electrons. The zero-order chi connectivity index (χ0) is 14.5. The van der Waals surface area contributed by atoms with E-state index in [1.165, 1.54) is 12.3 Å². The summed E-state index contributed by atoms with van der Waals surface area (Å²) in [6.07, 6.45) is -1.86.